The highest BCUT2D eigenvalue weighted by Gasteiger charge is 2.60. The molecular weight excluding hydrogens is 929 g/mol. The zero-order chi connectivity index (χ0) is 55.9. The van der Waals surface area contributed by atoms with Crippen molar-refractivity contribution in [2.75, 3.05) is 14.2 Å². The van der Waals surface area contributed by atoms with Gasteiger partial charge >= 0.3 is 0 Å². The van der Waals surface area contributed by atoms with Crippen LogP contribution in [0.1, 0.15) is 266 Å². The predicted molar refractivity (Wildman–Crippen MR) is 320 cm³/mol. The molecule has 6 fully saturated rings. The summed E-state index contributed by atoms with van der Waals surface area (Å²) in [5, 5.41) is 23.3. The molecule has 4 nitrogen and oxygen atoms in total. The molecule has 76 heavy (non-hydrogen) atoms. The Hall–Kier alpha value is -3.92. The van der Waals surface area contributed by atoms with Crippen LogP contribution >= 0.6 is 0 Å². The molecule has 12 atom stereocenters. The Morgan fingerprint density at radius 1 is 0.355 bits per heavy atom. The van der Waals surface area contributed by atoms with E-state index in [1.165, 1.54) is 107 Å². The van der Waals surface area contributed by atoms with E-state index in [0.717, 1.165) is 46.3 Å². The van der Waals surface area contributed by atoms with Gasteiger partial charge in [0.1, 0.15) is 23.0 Å². The quantitative estimate of drug-likeness (QED) is 0.202. The highest BCUT2D eigenvalue weighted by atomic mass is 16.5. The molecule has 6 saturated carbocycles. The second-order valence-electron chi connectivity index (χ2n) is 32.1. The number of aromatic hydroxyl groups is 2. The smallest absolute Gasteiger partial charge is 0.126 e. The molecule has 4 aromatic carbocycles. The van der Waals surface area contributed by atoms with Gasteiger partial charge in [-0.1, -0.05) is 184 Å². The molecule has 6 aliphatic carbocycles. The van der Waals surface area contributed by atoms with Gasteiger partial charge < -0.3 is 19.7 Å². The van der Waals surface area contributed by atoms with E-state index >= 15 is 0 Å². The number of phenolic OH excluding ortho intramolecular Hbond substituents is 2. The molecule has 0 heterocycles. The van der Waals surface area contributed by atoms with E-state index in [-0.39, 0.29) is 32.5 Å². The van der Waals surface area contributed by atoms with Crippen molar-refractivity contribution >= 4 is 0 Å². The molecule has 0 radical (unpaired) electrons. The van der Waals surface area contributed by atoms with Crippen LogP contribution in [-0.2, 0) is 32.5 Å². The fraction of sp³-hybridized carbons (Fsp3) is 0.667. The Kier molecular flexibility index (Phi) is 14.5. The van der Waals surface area contributed by atoms with Crippen LogP contribution in [0.5, 0.6) is 23.0 Å². The molecule has 416 valence electrons. The van der Waals surface area contributed by atoms with Crippen LogP contribution in [0.15, 0.2) is 48.5 Å². The maximum Gasteiger partial charge on any atom is 0.126 e. The Bertz CT molecular complexity index is 2820. The Balaban J connectivity index is 0.000000188. The van der Waals surface area contributed by atoms with E-state index in [0.29, 0.717) is 58.8 Å². The highest BCUT2D eigenvalue weighted by molar-refractivity contribution is 5.55. The number of phenols is 2. The molecule has 4 aromatic rings. The first-order valence-corrected chi connectivity index (χ1v) is 30.2. The molecule has 0 aliphatic heterocycles. The standard InChI is InChI=1S/C39H58O2.C33H46O2/c1-36(2,3)23-18-29(34(40)31(20-23)38(7,8)9)27-16-22-17-28(27)33-25(22)14-15-26(33)30-19-24(37(4,5)6)21-32(35(30)41-13)39(10,11)12;1-18-12-25(30(34)27(14-18)32(3,4)5)23-16-20-17-24(23)29-21(20)10-11-22(29)26-13-19(2)15-28(31(26)35-9)33(6,7)8/h18-22,25-28,33,40H,14-17H2,1-13H3;12-15,20-24,29,34H,10-11,16-17H2,1-9H3. The predicted octanol–water partition coefficient (Wildman–Crippen LogP) is 19.1. The zero-order valence-electron chi connectivity index (χ0n) is 51.9. The zero-order valence-corrected chi connectivity index (χ0v) is 51.9. The van der Waals surface area contributed by atoms with Crippen molar-refractivity contribution in [2.24, 2.45) is 47.3 Å². The van der Waals surface area contributed by atoms with Crippen LogP contribution in [0, 0.1) is 61.2 Å². The number of aryl methyl sites for hydroxylation is 2. The Morgan fingerprint density at radius 3 is 1.08 bits per heavy atom. The normalized spacial score (nSPS) is 29.1. The molecule has 4 heteroatoms. The summed E-state index contributed by atoms with van der Waals surface area (Å²) >= 11 is 0. The van der Waals surface area contributed by atoms with Gasteiger partial charge in [-0.05, 0) is 213 Å². The maximum atomic E-state index is 11.8. The van der Waals surface area contributed by atoms with E-state index in [2.05, 4.69) is 187 Å². The first-order valence-electron chi connectivity index (χ1n) is 30.2. The lowest BCUT2D eigenvalue weighted by molar-refractivity contribution is 0.212. The third kappa shape index (κ3) is 10.1. The van der Waals surface area contributed by atoms with Crippen LogP contribution in [0.25, 0.3) is 0 Å². The average molecular weight is 1030 g/mol. The van der Waals surface area contributed by atoms with Gasteiger partial charge in [0, 0.05) is 11.1 Å². The van der Waals surface area contributed by atoms with Gasteiger partial charge in [0.15, 0.2) is 0 Å². The number of hydrogen-bond donors (Lipinski definition) is 2. The summed E-state index contributed by atoms with van der Waals surface area (Å²) < 4.78 is 12.5. The minimum absolute atomic E-state index is 0.0130. The van der Waals surface area contributed by atoms with Crippen LogP contribution in [0.3, 0.4) is 0 Å². The van der Waals surface area contributed by atoms with Gasteiger partial charge in [-0.15, -0.1) is 0 Å². The Morgan fingerprint density at radius 2 is 0.684 bits per heavy atom. The van der Waals surface area contributed by atoms with Crippen LogP contribution < -0.4 is 9.47 Å². The van der Waals surface area contributed by atoms with E-state index in [1.54, 1.807) is 0 Å². The van der Waals surface area contributed by atoms with Crippen LogP contribution in [-0.4, -0.2) is 24.4 Å². The topological polar surface area (TPSA) is 58.9 Å². The third-order valence-corrected chi connectivity index (χ3v) is 20.8. The number of benzene rings is 4. The first kappa shape index (κ1) is 56.8. The Labute approximate surface area is 463 Å². The van der Waals surface area contributed by atoms with E-state index in [4.69, 9.17) is 9.47 Å². The maximum absolute atomic E-state index is 11.8. The number of ether oxygens (including phenoxy) is 2. The lowest BCUT2D eigenvalue weighted by atomic mass is 9.67. The molecule has 2 N–H and O–H groups in total. The third-order valence-electron chi connectivity index (χ3n) is 20.8. The minimum Gasteiger partial charge on any atom is -0.507 e. The number of hydrogen-bond acceptors (Lipinski definition) is 4. The average Bonchev–Trinajstić information content (AvgIpc) is 4.21. The van der Waals surface area contributed by atoms with Gasteiger partial charge in [-0.25, -0.2) is 0 Å². The summed E-state index contributed by atoms with van der Waals surface area (Å²) in [4.78, 5) is 0. The molecule has 0 saturated heterocycles. The van der Waals surface area contributed by atoms with Crippen LogP contribution in [0.2, 0.25) is 0 Å². The lowest BCUT2D eigenvalue weighted by Gasteiger charge is -2.38. The van der Waals surface area contributed by atoms with Gasteiger partial charge in [0.2, 0.25) is 0 Å². The SMILES string of the molecule is COc1c(C2CCC3C4CC(c5cc(C(C)(C)C)cc(C(C)(C)C)c5O)C(C4)C23)cc(C(C)(C)C)cc1C(C)(C)C.COc1c(C2CCC3C4CC(c5cc(C)cc(C(C)(C)C)c5O)C(C4)C23)cc(C)cc1C(C)(C)C. The summed E-state index contributed by atoms with van der Waals surface area (Å²) in [6, 6.07) is 18.8. The molecule has 0 aromatic heterocycles. The first-order chi connectivity index (χ1) is 35.0. The molecule has 6 aliphatic rings. The van der Waals surface area contributed by atoms with Crippen molar-refractivity contribution < 1.29 is 19.7 Å². The second-order valence-corrected chi connectivity index (χ2v) is 32.1. The largest absolute Gasteiger partial charge is 0.507 e. The second kappa shape index (κ2) is 19.4. The molecule has 10 rings (SSSR count). The van der Waals surface area contributed by atoms with E-state index in [9.17, 15) is 10.2 Å². The summed E-state index contributed by atoms with van der Waals surface area (Å²) in [6.45, 7) is 45.6. The molecular formula is C72H104O4. The van der Waals surface area contributed by atoms with Crippen molar-refractivity contribution in [1.82, 2.24) is 0 Å². The number of methoxy groups -OCH3 is 2. The van der Waals surface area contributed by atoms with Crippen molar-refractivity contribution in [2.45, 2.75) is 246 Å². The van der Waals surface area contributed by atoms with Crippen LogP contribution in [0.4, 0.5) is 0 Å². The summed E-state index contributed by atoms with van der Waals surface area (Å²) in [7, 11) is 3.74. The minimum atomic E-state index is -0.0970. The van der Waals surface area contributed by atoms with Crippen molar-refractivity contribution in [3.63, 3.8) is 0 Å². The van der Waals surface area contributed by atoms with Gasteiger partial charge in [0.05, 0.1) is 14.2 Å². The summed E-state index contributed by atoms with van der Waals surface area (Å²) in [5.41, 5.74) is 15.7. The number of fused-ring (bicyclic) bond motifs is 10. The van der Waals surface area contributed by atoms with Gasteiger partial charge in [-0.2, -0.15) is 0 Å². The number of rotatable bonds is 6. The van der Waals surface area contributed by atoms with Crippen molar-refractivity contribution in [3.8, 4) is 23.0 Å². The fourth-order valence-electron chi connectivity index (χ4n) is 17.3. The highest BCUT2D eigenvalue weighted by Crippen LogP contribution is 2.70. The van der Waals surface area contributed by atoms with Gasteiger partial charge in [-0.3, -0.25) is 0 Å². The van der Waals surface area contributed by atoms with E-state index in [1.807, 2.05) is 14.2 Å². The molecule has 0 spiro atoms. The lowest BCUT2D eigenvalue weighted by Crippen LogP contribution is -2.28. The van der Waals surface area contributed by atoms with Gasteiger partial charge in [0.25, 0.3) is 0 Å². The fourth-order valence-corrected chi connectivity index (χ4v) is 17.3. The van der Waals surface area contributed by atoms with Crippen molar-refractivity contribution in [1.29, 1.82) is 0 Å². The monoisotopic (exact) mass is 1030 g/mol. The summed E-state index contributed by atoms with van der Waals surface area (Å²) in [6.07, 6.45) is 10.3. The molecule has 0 amide bonds. The molecule has 12 unspecified atom stereocenters. The molecule has 4 bridgehead atoms. The van der Waals surface area contributed by atoms with Crippen molar-refractivity contribution in [3.05, 3.63) is 115 Å². The summed E-state index contributed by atoms with van der Waals surface area (Å²) in [5.74, 6) is 11.2. The van der Waals surface area contributed by atoms with E-state index < -0.39 is 0 Å².